The molecule has 0 bridgehead atoms. The Kier molecular flexibility index (Phi) is 6.02. The van der Waals surface area contributed by atoms with Gasteiger partial charge in [0, 0.05) is 19.4 Å². The Morgan fingerprint density at radius 2 is 1.87 bits per heavy atom. The molecule has 1 aliphatic heterocycles. The summed E-state index contributed by atoms with van der Waals surface area (Å²) in [6, 6.07) is 4.10. The van der Waals surface area contributed by atoms with E-state index in [1.165, 1.54) is 11.1 Å². The minimum Gasteiger partial charge on any atom is -0.481 e. The zero-order valence-corrected chi connectivity index (χ0v) is 13.9. The van der Waals surface area contributed by atoms with Gasteiger partial charge >= 0.3 is 5.97 Å². The number of carboxylic acid groups (broad SMARTS) is 1. The molecule has 2 rings (SSSR count). The van der Waals surface area contributed by atoms with E-state index in [2.05, 4.69) is 18.3 Å². The summed E-state index contributed by atoms with van der Waals surface area (Å²) in [7, 11) is 0. The van der Waals surface area contributed by atoms with Gasteiger partial charge in [0.2, 0.25) is 0 Å². The average molecular weight is 319 g/mol. The lowest BCUT2D eigenvalue weighted by molar-refractivity contribution is -0.137. The van der Waals surface area contributed by atoms with E-state index in [1.54, 1.807) is 0 Å². The van der Waals surface area contributed by atoms with Gasteiger partial charge in [0.25, 0.3) is 5.91 Å². The molecule has 0 radical (unpaired) electrons. The van der Waals surface area contributed by atoms with Crippen LogP contribution in [-0.2, 0) is 16.0 Å². The second kappa shape index (κ2) is 7.99. The number of ether oxygens (including phenoxy) is 1. The van der Waals surface area contributed by atoms with Crippen LogP contribution >= 0.6 is 0 Å². The molecule has 23 heavy (non-hydrogen) atoms. The molecule has 0 aliphatic carbocycles. The first kappa shape index (κ1) is 17.3. The third-order valence-electron chi connectivity index (χ3n) is 4.26. The summed E-state index contributed by atoms with van der Waals surface area (Å²) >= 11 is 0. The molecule has 0 aromatic heterocycles. The number of benzene rings is 1. The monoisotopic (exact) mass is 319 g/mol. The maximum absolute atomic E-state index is 12.1. The minimum atomic E-state index is -0.748. The fraction of sp³-hybridized carbons (Fsp3) is 0.556. The molecule has 5 nitrogen and oxygen atoms in total. The summed E-state index contributed by atoms with van der Waals surface area (Å²) in [6.07, 6.45) is 3.79. The zero-order chi connectivity index (χ0) is 16.8. The highest BCUT2D eigenvalue weighted by Gasteiger charge is 2.29. The average Bonchev–Trinajstić information content (AvgIpc) is 2.89. The molecule has 2 N–H and O–H groups in total. The molecule has 0 fully saturated rings. The van der Waals surface area contributed by atoms with Gasteiger partial charge in [-0.1, -0.05) is 18.9 Å². The summed E-state index contributed by atoms with van der Waals surface area (Å²) < 4.78 is 5.75. The van der Waals surface area contributed by atoms with Crippen LogP contribution in [0.3, 0.4) is 0 Å². The quantitative estimate of drug-likeness (QED) is 0.722. The number of amides is 1. The SMILES string of the molecule is Cc1cc2c(cc1C)OC(C(=O)NCCCCCCC(=O)O)C2. The third kappa shape index (κ3) is 4.98. The van der Waals surface area contributed by atoms with Crippen molar-refractivity contribution in [1.82, 2.24) is 5.32 Å². The van der Waals surface area contributed by atoms with Crippen molar-refractivity contribution in [2.45, 2.75) is 58.5 Å². The fourth-order valence-corrected chi connectivity index (χ4v) is 2.74. The molecule has 5 heteroatoms. The van der Waals surface area contributed by atoms with Gasteiger partial charge in [0.05, 0.1) is 0 Å². The topological polar surface area (TPSA) is 75.6 Å². The van der Waals surface area contributed by atoms with Crippen molar-refractivity contribution in [2.24, 2.45) is 0 Å². The zero-order valence-electron chi connectivity index (χ0n) is 13.9. The Morgan fingerprint density at radius 3 is 2.61 bits per heavy atom. The molecule has 0 spiro atoms. The van der Waals surface area contributed by atoms with Gasteiger partial charge in [-0.05, 0) is 49.4 Å². The first-order chi connectivity index (χ1) is 11.0. The van der Waals surface area contributed by atoms with Crippen molar-refractivity contribution >= 4 is 11.9 Å². The number of hydrogen-bond acceptors (Lipinski definition) is 3. The largest absolute Gasteiger partial charge is 0.481 e. The van der Waals surface area contributed by atoms with Crippen molar-refractivity contribution in [3.05, 3.63) is 28.8 Å². The van der Waals surface area contributed by atoms with Crippen LogP contribution in [0.15, 0.2) is 12.1 Å². The Balaban J connectivity index is 1.67. The van der Waals surface area contributed by atoms with Gasteiger partial charge in [-0.2, -0.15) is 0 Å². The number of unbranched alkanes of at least 4 members (excludes halogenated alkanes) is 3. The molecular formula is C18H25NO4. The summed E-state index contributed by atoms with van der Waals surface area (Å²) in [5.74, 6) is 0.00527. The van der Waals surface area contributed by atoms with Gasteiger partial charge in [-0.25, -0.2) is 0 Å². The molecule has 1 aliphatic rings. The molecule has 126 valence electrons. The lowest BCUT2D eigenvalue weighted by atomic mass is 10.0. The smallest absolute Gasteiger partial charge is 0.303 e. The van der Waals surface area contributed by atoms with Crippen LogP contribution in [0.1, 0.15) is 48.8 Å². The van der Waals surface area contributed by atoms with Crippen LogP contribution in [0, 0.1) is 13.8 Å². The molecular weight excluding hydrogens is 294 g/mol. The Bertz CT molecular complexity index is 552. The number of nitrogens with one attached hydrogen (secondary N) is 1. The first-order valence-electron chi connectivity index (χ1n) is 8.23. The van der Waals surface area contributed by atoms with Crippen molar-refractivity contribution in [2.75, 3.05) is 6.54 Å². The number of aryl methyl sites for hydroxylation is 2. The molecule has 1 amide bonds. The van der Waals surface area contributed by atoms with E-state index >= 15 is 0 Å². The van der Waals surface area contributed by atoms with Gasteiger partial charge in [-0.15, -0.1) is 0 Å². The second-order valence-electron chi connectivity index (χ2n) is 6.20. The van der Waals surface area contributed by atoms with E-state index in [4.69, 9.17) is 9.84 Å². The summed E-state index contributed by atoms with van der Waals surface area (Å²) in [5, 5.41) is 11.5. The van der Waals surface area contributed by atoms with Crippen LogP contribution in [0.25, 0.3) is 0 Å². The van der Waals surface area contributed by atoms with Crippen molar-refractivity contribution in [3.63, 3.8) is 0 Å². The standard InChI is InChI=1S/C18H25NO4/c1-12-9-14-11-16(23-15(14)10-13(12)2)18(22)19-8-6-4-3-5-7-17(20)21/h9-10,16H,3-8,11H2,1-2H3,(H,19,22)(H,20,21). The predicted octanol–water partition coefficient (Wildman–Crippen LogP) is 2.76. The fourth-order valence-electron chi connectivity index (χ4n) is 2.74. The maximum atomic E-state index is 12.1. The summed E-state index contributed by atoms with van der Waals surface area (Å²) in [5.41, 5.74) is 3.49. The van der Waals surface area contributed by atoms with E-state index in [0.29, 0.717) is 19.4 Å². The van der Waals surface area contributed by atoms with E-state index in [1.807, 2.05) is 13.0 Å². The summed E-state index contributed by atoms with van der Waals surface area (Å²) in [4.78, 5) is 22.5. The van der Waals surface area contributed by atoms with Crippen LogP contribution < -0.4 is 10.1 Å². The molecule has 1 aromatic carbocycles. The molecule has 1 unspecified atom stereocenters. The Hall–Kier alpha value is -2.04. The van der Waals surface area contributed by atoms with Crippen LogP contribution in [-0.4, -0.2) is 29.6 Å². The number of hydrogen-bond donors (Lipinski definition) is 2. The lowest BCUT2D eigenvalue weighted by Crippen LogP contribution is -2.37. The predicted molar refractivity (Wildman–Crippen MR) is 87.8 cm³/mol. The van der Waals surface area contributed by atoms with Gasteiger partial charge in [0.15, 0.2) is 6.10 Å². The highest BCUT2D eigenvalue weighted by atomic mass is 16.5. The molecule has 1 atom stereocenters. The van der Waals surface area contributed by atoms with E-state index in [0.717, 1.165) is 30.6 Å². The highest BCUT2D eigenvalue weighted by Crippen LogP contribution is 2.31. The molecule has 1 aromatic rings. The van der Waals surface area contributed by atoms with E-state index < -0.39 is 12.1 Å². The van der Waals surface area contributed by atoms with E-state index in [9.17, 15) is 9.59 Å². The minimum absolute atomic E-state index is 0.0676. The molecule has 1 heterocycles. The normalized spacial score (nSPS) is 15.8. The van der Waals surface area contributed by atoms with Crippen molar-refractivity contribution < 1.29 is 19.4 Å². The van der Waals surface area contributed by atoms with Crippen LogP contribution in [0.4, 0.5) is 0 Å². The van der Waals surface area contributed by atoms with Crippen LogP contribution in [0.2, 0.25) is 0 Å². The summed E-state index contributed by atoms with van der Waals surface area (Å²) in [6.45, 7) is 4.71. The molecule has 0 saturated carbocycles. The van der Waals surface area contributed by atoms with Crippen molar-refractivity contribution in [3.8, 4) is 5.75 Å². The number of carboxylic acids is 1. The maximum Gasteiger partial charge on any atom is 0.303 e. The third-order valence-corrected chi connectivity index (χ3v) is 4.26. The lowest BCUT2D eigenvalue weighted by Gasteiger charge is -2.11. The van der Waals surface area contributed by atoms with Gasteiger partial charge in [-0.3, -0.25) is 9.59 Å². The molecule has 0 saturated heterocycles. The number of carbonyl (C=O) groups excluding carboxylic acids is 1. The first-order valence-corrected chi connectivity index (χ1v) is 8.23. The van der Waals surface area contributed by atoms with Gasteiger partial charge < -0.3 is 15.2 Å². The number of rotatable bonds is 8. The number of carbonyl (C=O) groups is 2. The van der Waals surface area contributed by atoms with Crippen LogP contribution in [0.5, 0.6) is 5.75 Å². The Labute approximate surface area is 137 Å². The van der Waals surface area contributed by atoms with Gasteiger partial charge in [0.1, 0.15) is 5.75 Å². The van der Waals surface area contributed by atoms with E-state index in [-0.39, 0.29) is 12.3 Å². The second-order valence-corrected chi connectivity index (χ2v) is 6.20. The van der Waals surface area contributed by atoms with Crippen molar-refractivity contribution in [1.29, 1.82) is 0 Å². The number of fused-ring (bicyclic) bond motifs is 1. The highest BCUT2D eigenvalue weighted by molar-refractivity contribution is 5.82. The Morgan fingerprint density at radius 1 is 1.17 bits per heavy atom. The number of aliphatic carboxylic acids is 1.